The first-order valence-corrected chi connectivity index (χ1v) is 14.0. The van der Waals surface area contributed by atoms with Crippen molar-refractivity contribution < 1.29 is 18.9 Å². The molecule has 0 radical (unpaired) electrons. The van der Waals surface area contributed by atoms with Crippen LogP contribution in [0.25, 0.3) is 5.69 Å². The van der Waals surface area contributed by atoms with Gasteiger partial charge in [-0.25, -0.2) is 4.98 Å². The van der Waals surface area contributed by atoms with E-state index < -0.39 is 0 Å². The lowest BCUT2D eigenvalue weighted by Crippen LogP contribution is -2.22. The highest BCUT2D eigenvalue weighted by Crippen LogP contribution is 2.24. The van der Waals surface area contributed by atoms with E-state index in [0.29, 0.717) is 26.4 Å². The van der Waals surface area contributed by atoms with Crippen LogP contribution < -0.4 is 14.4 Å². The van der Waals surface area contributed by atoms with Gasteiger partial charge in [0, 0.05) is 36.9 Å². The summed E-state index contributed by atoms with van der Waals surface area (Å²) < 4.78 is 24.6. The number of rotatable bonds is 15. The molecule has 0 saturated carbocycles. The van der Waals surface area contributed by atoms with Gasteiger partial charge >= 0.3 is 0 Å². The van der Waals surface area contributed by atoms with Crippen LogP contribution in [0.1, 0.15) is 22.3 Å². The first kappa shape index (κ1) is 28.9. The second kappa shape index (κ2) is 14.9. The predicted molar refractivity (Wildman–Crippen MR) is 165 cm³/mol. The Morgan fingerprint density at radius 2 is 1.21 bits per heavy atom. The lowest BCUT2D eigenvalue weighted by molar-refractivity contribution is 0.0338. The van der Waals surface area contributed by atoms with Gasteiger partial charge in [0.2, 0.25) is 0 Å². The summed E-state index contributed by atoms with van der Waals surface area (Å²) in [5.74, 6) is 1.68. The molecule has 5 rings (SSSR count). The summed E-state index contributed by atoms with van der Waals surface area (Å²) in [6.45, 7) is 3.54. The fraction of sp³-hybridized carbons (Fsp3) is 0.229. The molecular weight excluding hydrogens is 526 g/mol. The van der Waals surface area contributed by atoms with Crippen LogP contribution in [-0.2, 0) is 35.8 Å². The lowest BCUT2D eigenvalue weighted by Gasteiger charge is -2.26. The number of benzene rings is 4. The van der Waals surface area contributed by atoms with Crippen LogP contribution in [0.2, 0.25) is 0 Å². The molecule has 0 aliphatic heterocycles. The largest absolute Gasteiger partial charge is 0.497 e. The summed E-state index contributed by atoms with van der Waals surface area (Å²) >= 11 is 0. The van der Waals surface area contributed by atoms with Crippen molar-refractivity contribution >= 4 is 5.69 Å². The van der Waals surface area contributed by atoms with Crippen molar-refractivity contribution in [1.82, 2.24) is 9.55 Å². The number of nitrogens with zero attached hydrogens (tertiary/aromatic N) is 3. The molecule has 7 nitrogen and oxygen atoms in total. The average Bonchev–Trinajstić information content (AvgIpc) is 3.58. The summed E-state index contributed by atoms with van der Waals surface area (Å²) in [6.07, 6.45) is 5.57. The third-order valence-electron chi connectivity index (χ3n) is 6.91. The normalized spacial score (nSPS) is 10.9. The highest BCUT2D eigenvalue weighted by Gasteiger charge is 2.11. The van der Waals surface area contributed by atoms with Crippen molar-refractivity contribution in [2.75, 3.05) is 32.3 Å². The zero-order valence-corrected chi connectivity index (χ0v) is 24.2. The Morgan fingerprint density at radius 1 is 0.643 bits per heavy atom. The Kier molecular flexibility index (Phi) is 10.2. The first-order chi connectivity index (χ1) is 20.7. The number of imidazole rings is 1. The zero-order valence-electron chi connectivity index (χ0n) is 24.2. The highest BCUT2D eigenvalue weighted by atomic mass is 16.5. The monoisotopic (exact) mass is 563 g/mol. The van der Waals surface area contributed by atoms with Crippen molar-refractivity contribution in [3.05, 3.63) is 138 Å². The molecule has 0 aliphatic rings. The molecule has 5 aromatic rings. The van der Waals surface area contributed by atoms with E-state index in [9.17, 15) is 0 Å². The van der Waals surface area contributed by atoms with Crippen LogP contribution in [0.15, 0.2) is 116 Å². The smallest absolute Gasteiger partial charge is 0.119 e. The Balaban J connectivity index is 1.24. The van der Waals surface area contributed by atoms with E-state index in [0.717, 1.165) is 47.1 Å². The van der Waals surface area contributed by atoms with E-state index in [-0.39, 0.29) is 0 Å². The van der Waals surface area contributed by atoms with Gasteiger partial charge in [0.05, 0.1) is 47.0 Å². The molecule has 1 aromatic heterocycles. The molecule has 0 bridgehead atoms. The van der Waals surface area contributed by atoms with Gasteiger partial charge in [-0.1, -0.05) is 48.5 Å². The van der Waals surface area contributed by atoms with Crippen LogP contribution in [0.3, 0.4) is 0 Å². The maximum absolute atomic E-state index is 5.97. The Morgan fingerprint density at radius 3 is 1.86 bits per heavy atom. The molecule has 42 heavy (non-hydrogen) atoms. The minimum Gasteiger partial charge on any atom is -0.497 e. The van der Waals surface area contributed by atoms with E-state index >= 15 is 0 Å². The number of methoxy groups -OCH3 is 2. The number of anilines is 1. The summed E-state index contributed by atoms with van der Waals surface area (Å²) in [4.78, 5) is 6.57. The fourth-order valence-corrected chi connectivity index (χ4v) is 4.78. The molecule has 0 N–H and O–H groups in total. The predicted octanol–water partition coefficient (Wildman–Crippen LogP) is 6.83. The highest BCUT2D eigenvalue weighted by molar-refractivity contribution is 5.51. The van der Waals surface area contributed by atoms with Crippen LogP contribution in [-0.4, -0.2) is 37.0 Å². The van der Waals surface area contributed by atoms with E-state index in [1.807, 2.05) is 53.5 Å². The molecule has 0 fully saturated rings. The molecule has 4 aromatic carbocycles. The van der Waals surface area contributed by atoms with Gasteiger partial charge in [-0.3, -0.25) is 0 Å². The van der Waals surface area contributed by atoms with Crippen LogP contribution in [0.4, 0.5) is 5.69 Å². The van der Waals surface area contributed by atoms with E-state index in [2.05, 4.69) is 70.5 Å². The SMILES string of the molecule is COc1cccc(COCCOCc2cccc(N(Cc3cccc(OC)c3)Cc3cccc(-n4ccnc4)c3)c2)c1. The molecule has 0 spiro atoms. The number of aromatic nitrogens is 2. The van der Waals surface area contributed by atoms with Gasteiger partial charge < -0.3 is 28.4 Å². The first-order valence-electron chi connectivity index (χ1n) is 14.0. The molecule has 7 heteroatoms. The third kappa shape index (κ3) is 8.22. The Bertz CT molecular complexity index is 1540. The second-order valence-electron chi connectivity index (χ2n) is 9.97. The van der Waals surface area contributed by atoms with Crippen molar-refractivity contribution in [2.45, 2.75) is 26.3 Å². The molecule has 0 amide bonds. The Labute approximate surface area is 247 Å². The quantitative estimate of drug-likeness (QED) is 0.130. The zero-order chi connectivity index (χ0) is 29.0. The second-order valence-corrected chi connectivity index (χ2v) is 9.97. The van der Waals surface area contributed by atoms with Crippen molar-refractivity contribution in [1.29, 1.82) is 0 Å². The summed E-state index contributed by atoms with van der Waals surface area (Å²) in [5.41, 5.74) is 6.79. The van der Waals surface area contributed by atoms with E-state index in [4.69, 9.17) is 18.9 Å². The van der Waals surface area contributed by atoms with Gasteiger partial charge in [-0.2, -0.15) is 0 Å². The third-order valence-corrected chi connectivity index (χ3v) is 6.91. The Hall–Kier alpha value is -4.59. The van der Waals surface area contributed by atoms with Gasteiger partial charge in [0.25, 0.3) is 0 Å². The topological polar surface area (TPSA) is 58.0 Å². The van der Waals surface area contributed by atoms with Gasteiger partial charge in [0.15, 0.2) is 0 Å². The molecule has 216 valence electrons. The molecule has 1 heterocycles. The molecule has 0 saturated heterocycles. The summed E-state index contributed by atoms with van der Waals surface area (Å²) in [5, 5.41) is 0. The van der Waals surface area contributed by atoms with Crippen LogP contribution >= 0.6 is 0 Å². The molecule has 0 unspecified atom stereocenters. The number of hydrogen-bond acceptors (Lipinski definition) is 6. The van der Waals surface area contributed by atoms with Crippen LogP contribution in [0.5, 0.6) is 11.5 Å². The minimum atomic E-state index is 0.513. The van der Waals surface area contributed by atoms with E-state index in [1.165, 1.54) is 11.1 Å². The molecule has 0 aliphatic carbocycles. The maximum atomic E-state index is 5.97. The van der Waals surface area contributed by atoms with Crippen molar-refractivity contribution in [2.24, 2.45) is 0 Å². The number of hydrogen-bond donors (Lipinski definition) is 0. The fourth-order valence-electron chi connectivity index (χ4n) is 4.78. The lowest BCUT2D eigenvalue weighted by atomic mass is 10.1. The average molecular weight is 564 g/mol. The summed E-state index contributed by atoms with van der Waals surface area (Å²) in [6, 6.07) is 33.2. The minimum absolute atomic E-state index is 0.513. The van der Waals surface area contributed by atoms with Gasteiger partial charge in [-0.15, -0.1) is 0 Å². The van der Waals surface area contributed by atoms with E-state index in [1.54, 1.807) is 20.4 Å². The maximum Gasteiger partial charge on any atom is 0.119 e. The van der Waals surface area contributed by atoms with Crippen molar-refractivity contribution in [3.63, 3.8) is 0 Å². The standard InChI is InChI=1S/C35H37N3O4/c1-39-34-13-5-8-29(21-34)24-38(23-28-7-3-11-32(19-28)37-16-15-36-27-37)33-12-4-9-30(20-33)25-41-17-18-42-26-31-10-6-14-35(22-31)40-2/h3-16,19-22,27H,17-18,23-26H2,1-2H3. The molecule has 0 atom stereocenters. The van der Waals surface area contributed by atoms with Gasteiger partial charge in [0.1, 0.15) is 11.5 Å². The van der Waals surface area contributed by atoms with Crippen molar-refractivity contribution in [3.8, 4) is 17.2 Å². The van der Waals surface area contributed by atoms with Crippen LogP contribution in [0, 0.1) is 0 Å². The van der Waals surface area contributed by atoms with Gasteiger partial charge in [-0.05, 0) is 70.8 Å². The molecular formula is C35H37N3O4. The summed E-state index contributed by atoms with van der Waals surface area (Å²) in [7, 11) is 3.37. The number of ether oxygens (including phenoxy) is 4.